The number of rotatable bonds is 7. The zero-order valence-corrected chi connectivity index (χ0v) is 21.2. The van der Waals surface area contributed by atoms with Crippen LogP contribution in [0, 0.1) is 0 Å². The molecule has 34 heavy (non-hydrogen) atoms. The van der Waals surface area contributed by atoms with E-state index in [4.69, 9.17) is 27.9 Å². The van der Waals surface area contributed by atoms with Crippen LogP contribution in [0.15, 0.2) is 47.4 Å². The lowest BCUT2D eigenvalue weighted by Gasteiger charge is -2.36. The predicted molar refractivity (Wildman–Crippen MR) is 134 cm³/mol. The molecule has 2 aromatic rings. The first-order valence-electron chi connectivity index (χ1n) is 11.5. The highest BCUT2D eigenvalue weighted by molar-refractivity contribution is 7.89. The summed E-state index contributed by atoms with van der Waals surface area (Å²) in [6.45, 7) is 2.39. The first-order chi connectivity index (χ1) is 16.3. The van der Waals surface area contributed by atoms with Crippen LogP contribution in [-0.2, 0) is 14.8 Å². The molecule has 1 aliphatic carbocycles. The van der Waals surface area contributed by atoms with Crippen LogP contribution in [0.1, 0.15) is 32.1 Å². The van der Waals surface area contributed by atoms with Crippen LogP contribution in [0.3, 0.4) is 0 Å². The first-order valence-corrected chi connectivity index (χ1v) is 13.8. The number of ether oxygens (including phenoxy) is 1. The van der Waals surface area contributed by atoms with Gasteiger partial charge in [0.05, 0.1) is 9.92 Å². The average Bonchev–Trinajstić information content (AvgIpc) is 2.83. The van der Waals surface area contributed by atoms with Crippen molar-refractivity contribution in [3.63, 3.8) is 0 Å². The molecule has 0 unspecified atom stereocenters. The zero-order chi connectivity index (χ0) is 24.1. The Labute approximate surface area is 211 Å². The molecule has 2 fully saturated rings. The number of nitrogens with one attached hydrogen (secondary N) is 1. The molecular weight excluding hydrogens is 497 g/mol. The van der Waals surface area contributed by atoms with Crippen LogP contribution in [0.5, 0.6) is 5.75 Å². The van der Waals surface area contributed by atoms with Crippen LogP contribution in [0.25, 0.3) is 0 Å². The summed E-state index contributed by atoms with van der Waals surface area (Å²) in [5.41, 5.74) is 1.04. The molecule has 0 atom stereocenters. The number of sulfonamides is 1. The summed E-state index contributed by atoms with van der Waals surface area (Å²) in [4.78, 5) is 16.7. The molecule has 184 valence electrons. The van der Waals surface area contributed by atoms with Crippen molar-refractivity contribution in [1.82, 2.24) is 9.62 Å². The van der Waals surface area contributed by atoms with E-state index in [0.717, 1.165) is 37.8 Å². The highest BCUT2D eigenvalue weighted by atomic mass is 35.5. The minimum Gasteiger partial charge on any atom is -0.482 e. The monoisotopic (exact) mass is 525 g/mol. The van der Waals surface area contributed by atoms with Crippen molar-refractivity contribution in [2.24, 2.45) is 0 Å². The lowest BCUT2D eigenvalue weighted by molar-refractivity contribution is -0.133. The number of carbonyl (C=O) groups excluding carboxylic acids is 1. The van der Waals surface area contributed by atoms with Gasteiger partial charge in [-0.3, -0.25) is 4.79 Å². The molecular formula is C24H29Cl2N3O4S. The van der Waals surface area contributed by atoms with Gasteiger partial charge in [-0.1, -0.05) is 48.5 Å². The van der Waals surface area contributed by atoms with Gasteiger partial charge in [0, 0.05) is 42.9 Å². The summed E-state index contributed by atoms with van der Waals surface area (Å²) < 4.78 is 33.8. The Hall–Kier alpha value is -2.00. The van der Waals surface area contributed by atoms with Gasteiger partial charge in [0.25, 0.3) is 5.91 Å². The van der Waals surface area contributed by atoms with Gasteiger partial charge in [-0.15, -0.1) is 0 Å². The summed E-state index contributed by atoms with van der Waals surface area (Å²) in [5.74, 6) is 0.140. The van der Waals surface area contributed by atoms with Gasteiger partial charge in [0.2, 0.25) is 10.0 Å². The normalized spacial score (nSPS) is 17.6. The summed E-state index contributed by atoms with van der Waals surface area (Å²) in [6.07, 6.45) is 4.91. The fourth-order valence-electron chi connectivity index (χ4n) is 4.39. The standard InChI is InChI=1S/C24H29Cl2N3O4S/c25-18-5-4-8-20(15-18)28-11-13-29(14-12-28)24(30)17-33-23-10-9-21(16-22(23)26)34(31,32)27-19-6-2-1-3-7-19/h4-5,8-10,15-16,19,27H,1-3,6-7,11-14,17H2. The number of benzene rings is 2. The summed E-state index contributed by atoms with van der Waals surface area (Å²) in [6, 6.07) is 12.0. The maximum Gasteiger partial charge on any atom is 0.260 e. The van der Waals surface area contributed by atoms with Crippen molar-refractivity contribution in [3.8, 4) is 5.75 Å². The summed E-state index contributed by atoms with van der Waals surface area (Å²) in [7, 11) is -3.66. The van der Waals surface area contributed by atoms with E-state index in [2.05, 4.69) is 9.62 Å². The molecule has 7 nitrogen and oxygen atoms in total. The van der Waals surface area contributed by atoms with E-state index in [1.165, 1.54) is 18.2 Å². The second-order valence-corrected chi connectivity index (χ2v) is 11.2. The Morgan fingerprint density at radius 3 is 2.41 bits per heavy atom. The second-order valence-electron chi connectivity index (χ2n) is 8.68. The average molecular weight is 526 g/mol. The van der Waals surface area contributed by atoms with Crippen molar-refractivity contribution in [3.05, 3.63) is 52.5 Å². The number of amides is 1. The van der Waals surface area contributed by atoms with Crippen LogP contribution in [0.4, 0.5) is 5.69 Å². The number of halogens is 2. The van der Waals surface area contributed by atoms with Crippen molar-refractivity contribution >= 4 is 44.8 Å². The van der Waals surface area contributed by atoms with Gasteiger partial charge < -0.3 is 14.5 Å². The molecule has 1 saturated heterocycles. The Morgan fingerprint density at radius 2 is 1.74 bits per heavy atom. The molecule has 0 bridgehead atoms. The number of nitrogens with zero attached hydrogens (tertiary/aromatic N) is 2. The molecule has 2 aliphatic rings. The van der Waals surface area contributed by atoms with Crippen molar-refractivity contribution in [1.29, 1.82) is 0 Å². The molecule has 4 rings (SSSR count). The fraction of sp³-hybridized carbons (Fsp3) is 0.458. The minimum absolute atomic E-state index is 0.0367. The fourth-order valence-corrected chi connectivity index (χ4v) is 6.21. The number of hydrogen-bond donors (Lipinski definition) is 1. The van der Waals surface area contributed by atoms with E-state index in [1.807, 2.05) is 24.3 Å². The summed E-state index contributed by atoms with van der Waals surface area (Å²) >= 11 is 12.4. The van der Waals surface area contributed by atoms with Gasteiger partial charge in [0.1, 0.15) is 5.75 Å². The molecule has 10 heteroatoms. The lowest BCUT2D eigenvalue weighted by Crippen LogP contribution is -2.50. The van der Waals surface area contributed by atoms with Gasteiger partial charge >= 0.3 is 0 Å². The lowest BCUT2D eigenvalue weighted by atomic mass is 9.96. The third kappa shape index (κ3) is 6.36. The minimum atomic E-state index is -3.66. The van der Waals surface area contributed by atoms with E-state index in [0.29, 0.717) is 31.2 Å². The quantitative estimate of drug-likeness (QED) is 0.581. The Balaban J connectivity index is 1.29. The number of hydrogen-bond acceptors (Lipinski definition) is 5. The Morgan fingerprint density at radius 1 is 1.00 bits per heavy atom. The van der Waals surface area contributed by atoms with E-state index in [-0.39, 0.29) is 34.2 Å². The second kappa shape index (κ2) is 11.2. The molecule has 1 amide bonds. The topological polar surface area (TPSA) is 78.9 Å². The van der Waals surface area contributed by atoms with Crippen LogP contribution in [-0.4, -0.2) is 58.1 Å². The maximum atomic E-state index is 12.7. The van der Waals surface area contributed by atoms with E-state index in [1.54, 1.807) is 4.90 Å². The van der Waals surface area contributed by atoms with Crippen molar-refractivity contribution < 1.29 is 17.9 Å². The maximum absolute atomic E-state index is 12.7. The zero-order valence-electron chi connectivity index (χ0n) is 18.9. The number of anilines is 1. The largest absolute Gasteiger partial charge is 0.482 e. The molecule has 1 heterocycles. The molecule has 1 N–H and O–H groups in total. The van der Waals surface area contributed by atoms with E-state index < -0.39 is 10.0 Å². The van der Waals surface area contributed by atoms with Crippen LogP contribution >= 0.6 is 23.2 Å². The predicted octanol–water partition coefficient (Wildman–Crippen LogP) is 4.33. The molecule has 0 radical (unpaired) electrons. The smallest absolute Gasteiger partial charge is 0.260 e. The molecule has 0 aromatic heterocycles. The number of carbonyl (C=O) groups is 1. The Kier molecular flexibility index (Phi) is 8.24. The van der Waals surface area contributed by atoms with Gasteiger partial charge in [-0.25, -0.2) is 13.1 Å². The molecule has 1 aliphatic heterocycles. The van der Waals surface area contributed by atoms with Crippen molar-refractivity contribution in [2.45, 2.75) is 43.0 Å². The van der Waals surface area contributed by atoms with Crippen LogP contribution < -0.4 is 14.4 Å². The highest BCUT2D eigenvalue weighted by Crippen LogP contribution is 2.28. The number of piperazine rings is 1. The Bertz CT molecular complexity index is 1110. The molecule has 0 spiro atoms. The highest BCUT2D eigenvalue weighted by Gasteiger charge is 2.24. The third-order valence-electron chi connectivity index (χ3n) is 6.30. The summed E-state index contributed by atoms with van der Waals surface area (Å²) in [5, 5.41) is 0.843. The van der Waals surface area contributed by atoms with Crippen molar-refractivity contribution in [2.75, 3.05) is 37.7 Å². The SMILES string of the molecule is O=C(COc1ccc(S(=O)(=O)NC2CCCCC2)cc1Cl)N1CCN(c2cccc(Cl)c2)CC1. The van der Waals surface area contributed by atoms with Gasteiger partial charge in [-0.05, 0) is 49.2 Å². The first kappa shape index (κ1) is 25.1. The van der Waals surface area contributed by atoms with Gasteiger partial charge in [-0.2, -0.15) is 0 Å². The van der Waals surface area contributed by atoms with E-state index in [9.17, 15) is 13.2 Å². The molecule has 1 saturated carbocycles. The molecule has 2 aromatic carbocycles. The van der Waals surface area contributed by atoms with E-state index >= 15 is 0 Å². The third-order valence-corrected chi connectivity index (χ3v) is 8.35. The van der Waals surface area contributed by atoms with Gasteiger partial charge in [0.15, 0.2) is 6.61 Å². The van der Waals surface area contributed by atoms with Crippen LogP contribution in [0.2, 0.25) is 10.0 Å².